The fourth-order valence-electron chi connectivity index (χ4n) is 4.21. The number of fused-ring (bicyclic) bond motifs is 1. The minimum atomic E-state index is -0.106. The summed E-state index contributed by atoms with van der Waals surface area (Å²) in [6, 6.07) is 12.6. The Labute approximate surface area is 196 Å². The Kier molecular flexibility index (Phi) is 6.28. The minimum absolute atomic E-state index is 0.106. The van der Waals surface area contributed by atoms with E-state index in [4.69, 9.17) is 0 Å². The van der Waals surface area contributed by atoms with Gasteiger partial charge in [0.25, 0.3) is 0 Å². The largest absolute Gasteiger partial charge is 0.316 e. The lowest BCUT2D eigenvalue weighted by Gasteiger charge is -2.10. The fraction of sp³-hybridized carbons (Fsp3) is 0.417. The van der Waals surface area contributed by atoms with Crippen LogP contribution in [0.4, 0.5) is 5.00 Å². The van der Waals surface area contributed by atoms with Gasteiger partial charge in [0, 0.05) is 10.8 Å². The van der Waals surface area contributed by atoms with Gasteiger partial charge in [-0.3, -0.25) is 4.79 Å². The van der Waals surface area contributed by atoms with Crippen molar-refractivity contribution in [1.82, 2.24) is 14.8 Å². The molecule has 0 atom stereocenters. The quantitative estimate of drug-likeness (QED) is 0.388. The number of nitriles is 1. The lowest BCUT2D eigenvalue weighted by atomic mass is 10.1. The number of nitrogens with one attached hydrogen (secondary N) is 1. The fourth-order valence-corrected chi connectivity index (χ4v) is 6.21. The summed E-state index contributed by atoms with van der Waals surface area (Å²) in [6.07, 6.45) is 7.72. The summed E-state index contributed by atoms with van der Waals surface area (Å²) >= 11 is 2.98. The van der Waals surface area contributed by atoms with Crippen LogP contribution < -0.4 is 5.32 Å². The van der Waals surface area contributed by atoms with Gasteiger partial charge in [-0.15, -0.1) is 21.5 Å². The maximum atomic E-state index is 12.8. The number of anilines is 1. The van der Waals surface area contributed by atoms with E-state index in [9.17, 15) is 10.1 Å². The maximum Gasteiger partial charge on any atom is 0.235 e. The highest BCUT2D eigenvalue weighted by Crippen LogP contribution is 2.40. The van der Waals surface area contributed by atoms with Crippen LogP contribution in [0.1, 0.15) is 65.4 Å². The Hall–Kier alpha value is -2.63. The number of carbonyl (C=O) groups excluding carboxylic acids is 1. The smallest absolute Gasteiger partial charge is 0.235 e. The molecule has 2 aliphatic rings. The number of amides is 1. The standard InChI is InChI=1S/C24H25N5OS2/c25-13-19-18-9-5-2-6-10-20(18)32-23(19)26-21(30)15-31-24-28-27-22(17-11-12-17)29(24)14-16-7-3-1-4-8-16/h1,3-4,7-8,17H,2,5-6,9-12,14-15H2,(H,26,30). The van der Waals surface area contributed by atoms with Crippen LogP contribution in [0.2, 0.25) is 0 Å². The van der Waals surface area contributed by atoms with Crippen LogP contribution in [-0.2, 0) is 24.2 Å². The molecule has 0 spiro atoms. The van der Waals surface area contributed by atoms with Crippen molar-refractivity contribution in [1.29, 1.82) is 5.26 Å². The Morgan fingerprint density at radius 2 is 2.00 bits per heavy atom. The molecule has 1 fully saturated rings. The van der Waals surface area contributed by atoms with Crippen molar-refractivity contribution in [3.63, 3.8) is 0 Å². The first-order valence-corrected chi connectivity index (χ1v) is 13.0. The SMILES string of the molecule is N#Cc1c(NC(=O)CSc2nnc(C3CC3)n2Cc2ccccc2)sc2c1CCCCC2. The van der Waals surface area contributed by atoms with Crippen LogP contribution in [-0.4, -0.2) is 26.4 Å². The summed E-state index contributed by atoms with van der Waals surface area (Å²) in [5.74, 6) is 1.63. The average molecular weight is 464 g/mol. The van der Waals surface area contributed by atoms with E-state index >= 15 is 0 Å². The molecule has 1 N–H and O–H groups in total. The molecular formula is C24H25N5OS2. The first-order chi connectivity index (χ1) is 15.7. The molecule has 0 saturated heterocycles. The van der Waals surface area contributed by atoms with Crippen LogP contribution in [0, 0.1) is 11.3 Å². The van der Waals surface area contributed by atoms with Gasteiger partial charge in [0.15, 0.2) is 5.16 Å². The molecule has 32 heavy (non-hydrogen) atoms. The van der Waals surface area contributed by atoms with Gasteiger partial charge in [-0.1, -0.05) is 48.5 Å². The molecule has 164 valence electrons. The molecule has 8 heteroatoms. The monoisotopic (exact) mass is 463 g/mol. The Morgan fingerprint density at radius 3 is 2.78 bits per heavy atom. The number of aromatic nitrogens is 3. The van der Waals surface area contributed by atoms with E-state index in [1.807, 2.05) is 18.2 Å². The Bertz CT molecular complexity index is 1160. The van der Waals surface area contributed by atoms with Crippen LogP contribution in [0.25, 0.3) is 0 Å². The molecule has 1 saturated carbocycles. The van der Waals surface area contributed by atoms with Crippen LogP contribution >= 0.6 is 23.1 Å². The number of thioether (sulfide) groups is 1. The third kappa shape index (κ3) is 4.59. The molecule has 6 nitrogen and oxygen atoms in total. The summed E-state index contributed by atoms with van der Waals surface area (Å²) in [7, 11) is 0. The van der Waals surface area contributed by atoms with Crippen LogP contribution in [0.15, 0.2) is 35.5 Å². The highest BCUT2D eigenvalue weighted by Gasteiger charge is 2.30. The van der Waals surface area contributed by atoms with Crippen LogP contribution in [0.3, 0.4) is 0 Å². The third-order valence-electron chi connectivity index (χ3n) is 5.99. The van der Waals surface area contributed by atoms with Crippen molar-refractivity contribution in [2.24, 2.45) is 0 Å². The summed E-state index contributed by atoms with van der Waals surface area (Å²) in [4.78, 5) is 14.0. The number of carbonyl (C=O) groups is 1. The van der Waals surface area contributed by atoms with Gasteiger partial charge < -0.3 is 9.88 Å². The van der Waals surface area contributed by atoms with Gasteiger partial charge in [0.05, 0.1) is 17.9 Å². The second-order valence-corrected chi connectivity index (χ2v) is 10.5. The second kappa shape index (κ2) is 9.47. The molecule has 0 aliphatic heterocycles. The Balaban J connectivity index is 1.28. The van der Waals surface area contributed by atoms with E-state index in [0.717, 1.165) is 55.1 Å². The van der Waals surface area contributed by atoms with Gasteiger partial charge in [-0.2, -0.15) is 5.26 Å². The molecule has 2 aliphatic carbocycles. The molecule has 3 aromatic rings. The molecule has 5 rings (SSSR count). The number of nitrogens with zero attached hydrogens (tertiary/aromatic N) is 4. The summed E-state index contributed by atoms with van der Waals surface area (Å²) in [5.41, 5.74) is 3.00. The van der Waals surface area contributed by atoms with Crippen molar-refractivity contribution in [2.75, 3.05) is 11.1 Å². The number of hydrogen-bond acceptors (Lipinski definition) is 6. The normalized spacial score (nSPS) is 15.6. The molecule has 2 heterocycles. The van der Waals surface area contributed by atoms with E-state index in [1.54, 1.807) is 11.3 Å². The first kappa shape index (κ1) is 21.2. The van der Waals surface area contributed by atoms with Gasteiger partial charge >= 0.3 is 0 Å². The average Bonchev–Trinajstić information content (AvgIpc) is 3.54. The van der Waals surface area contributed by atoms with Crippen molar-refractivity contribution in [2.45, 2.75) is 62.6 Å². The Morgan fingerprint density at radius 1 is 1.19 bits per heavy atom. The summed E-state index contributed by atoms with van der Waals surface area (Å²) in [6.45, 7) is 0.708. The lowest BCUT2D eigenvalue weighted by molar-refractivity contribution is -0.113. The molecule has 0 bridgehead atoms. The van der Waals surface area contributed by atoms with Gasteiger partial charge in [-0.25, -0.2) is 0 Å². The number of rotatable bonds is 7. The van der Waals surface area contributed by atoms with E-state index in [1.165, 1.54) is 28.6 Å². The lowest BCUT2D eigenvalue weighted by Crippen LogP contribution is -2.15. The van der Waals surface area contributed by atoms with E-state index in [-0.39, 0.29) is 11.7 Å². The number of benzene rings is 1. The van der Waals surface area contributed by atoms with Crippen molar-refractivity contribution >= 4 is 34.0 Å². The number of hydrogen-bond donors (Lipinski definition) is 1. The highest BCUT2D eigenvalue weighted by atomic mass is 32.2. The predicted octanol–water partition coefficient (Wildman–Crippen LogP) is 5.14. The highest BCUT2D eigenvalue weighted by molar-refractivity contribution is 7.99. The zero-order valence-electron chi connectivity index (χ0n) is 17.8. The summed E-state index contributed by atoms with van der Waals surface area (Å²) < 4.78 is 2.15. The predicted molar refractivity (Wildman–Crippen MR) is 127 cm³/mol. The van der Waals surface area contributed by atoms with Crippen molar-refractivity contribution in [3.8, 4) is 6.07 Å². The number of aryl methyl sites for hydroxylation is 1. The van der Waals surface area contributed by atoms with Crippen LogP contribution in [0.5, 0.6) is 0 Å². The van der Waals surface area contributed by atoms with Gasteiger partial charge in [-0.05, 0) is 49.7 Å². The topological polar surface area (TPSA) is 83.6 Å². The third-order valence-corrected chi connectivity index (χ3v) is 8.16. The molecule has 1 aromatic carbocycles. The molecule has 0 unspecified atom stereocenters. The van der Waals surface area contributed by atoms with E-state index < -0.39 is 0 Å². The van der Waals surface area contributed by atoms with E-state index in [2.05, 4.69) is 38.3 Å². The molecular weight excluding hydrogens is 438 g/mol. The van der Waals surface area contributed by atoms with Gasteiger partial charge in [0.1, 0.15) is 16.9 Å². The summed E-state index contributed by atoms with van der Waals surface area (Å²) in [5, 5.41) is 23.0. The van der Waals surface area contributed by atoms with Crippen molar-refractivity contribution in [3.05, 3.63) is 57.7 Å². The van der Waals surface area contributed by atoms with E-state index in [0.29, 0.717) is 23.0 Å². The molecule has 0 radical (unpaired) electrons. The minimum Gasteiger partial charge on any atom is -0.316 e. The maximum absolute atomic E-state index is 12.8. The first-order valence-electron chi connectivity index (χ1n) is 11.2. The zero-order valence-corrected chi connectivity index (χ0v) is 19.5. The number of thiophene rings is 1. The van der Waals surface area contributed by atoms with Crippen molar-refractivity contribution < 1.29 is 4.79 Å². The zero-order chi connectivity index (χ0) is 21.9. The van der Waals surface area contributed by atoms with Gasteiger partial charge in [0.2, 0.25) is 5.91 Å². The second-order valence-electron chi connectivity index (χ2n) is 8.40. The molecule has 1 amide bonds. The molecule has 2 aromatic heterocycles.